The summed E-state index contributed by atoms with van der Waals surface area (Å²) in [6.45, 7) is 4.53. The minimum Gasteiger partial charge on any atom is -0.352 e. The average Bonchev–Trinajstić information content (AvgIpc) is 3.04. The molecule has 25 heavy (non-hydrogen) atoms. The molecule has 2 N–H and O–H groups in total. The third-order valence-electron chi connectivity index (χ3n) is 4.92. The Labute approximate surface area is 154 Å². The van der Waals surface area contributed by atoms with E-state index in [1.807, 2.05) is 11.8 Å². The number of nitrogens with one attached hydrogen (secondary N) is 2. The lowest BCUT2D eigenvalue weighted by molar-refractivity contribution is -0.122. The molecule has 2 amide bonds. The van der Waals surface area contributed by atoms with Crippen molar-refractivity contribution < 1.29 is 9.59 Å². The summed E-state index contributed by atoms with van der Waals surface area (Å²) in [5, 5.41) is 10.5. The topological polar surface area (TPSA) is 79.3 Å². The Kier molecular flexibility index (Phi) is 7.25. The number of hydrogen-bond acceptors (Lipinski definition) is 4. The molecule has 1 aromatic heterocycles. The molecule has 2 fully saturated rings. The minimum absolute atomic E-state index is 0. The Morgan fingerprint density at radius 3 is 2.80 bits per heavy atom. The predicted octanol–water partition coefficient (Wildman–Crippen LogP) is 1.19. The third-order valence-corrected chi connectivity index (χ3v) is 4.92. The molecule has 8 heteroatoms. The zero-order valence-corrected chi connectivity index (χ0v) is 15.6. The summed E-state index contributed by atoms with van der Waals surface area (Å²) in [6, 6.07) is 0.466. The maximum absolute atomic E-state index is 12.6. The maximum Gasteiger partial charge on any atom is 0.257 e. The molecule has 1 saturated heterocycles. The van der Waals surface area contributed by atoms with Crippen molar-refractivity contribution in [3.8, 4) is 0 Å². The highest BCUT2D eigenvalue weighted by Crippen LogP contribution is 2.17. The minimum atomic E-state index is -0.0282. The first-order valence-electron chi connectivity index (χ1n) is 8.97. The lowest BCUT2D eigenvalue weighted by atomic mass is 9.95. The monoisotopic (exact) mass is 369 g/mol. The summed E-state index contributed by atoms with van der Waals surface area (Å²) in [7, 11) is 0. The van der Waals surface area contributed by atoms with E-state index < -0.39 is 0 Å². The maximum atomic E-state index is 12.6. The van der Waals surface area contributed by atoms with Crippen LogP contribution in [0.15, 0.2) is 12.4 Å². The molecule has 1 aromatic rings. The highest BCUT2D eigenvalue weighted by molar-refractivity contribution is 5.94. The van der Waals surface area contributed by atoms with E-state index in [0.29, 0.717) is 18.2 Å². The molecule has 0 spiro atoms. The number of halogens is 1. The van der Waals surface area contributed by atoms with E-state index in [-0.39, 0.29) is 36.8 Å². The molecule has 7 nitrogen and oxygen atoms in total. The van der Waals surface area contributed by atoms with Crippen molar-refractivity contribution in [2.24, 2.45) is 0 Å². The van der Waals surface area contributed by atoms with Crippen LogP contribution >= 0.6 is 12.4 Å². The number of carbonyl (C=O) groups is 2. The smallest absolute Gasteiger partial charge is 0.257 e. The van der Waals surface area contributed by atoms with Crippen LogP contribution < -0.4 is 10.6 Å². The molecule has 1 atom stereocenters. The first kappa shape index (κ1) is 19.7. The van der Waals surface area contributed by atoms with E-state index in [1.165, 1.54) is 19.3 Å². The van der Waals surface area contributed by atoms with Gasteiger partial charge in [0.25, 0.3) is 5.91 Å². The molecule has 0 radical (unpaired) electrons. The lowest BCUT2D eigenvalue weighted by Crippen LogP contribution is -2.52. The molecule has 0 aromatic carbocycles. The zero-order valence-electron chi connectivity index (χ0n) is 14.7. The van der Waals surface area contributed by atoms with Gasteiger partial charge in [0.1, 0.15) is 6.54 Å². The van der Waals surface area contributed by atoms with E-state index in [9.17, 15) is 9.59 Å². The van der Waals surface area contributed by atoms with Crippen LogP contribution in [0.2, 0.25) is 0 Å². The fourth-order valence-electron chi connectivity index (χ4n) is 3.54. The first-order chi connectivity index (χ1) is 11.6. The van der Waals surface area contributed by atoms with Gasteiger partial charge in [0.05, 0.1) is 11.8 Å². The average molecular weight is 370 g/mol. The zero-order chi connectivity index (χ0) is 16.9. The Morgan fingerprint density at radius 2 is 2.08 bits per heavy atom. The van der Waals surface area contributed by atoms with Crippen molar-refractivity contribution in [2.45, 2.75) is 57.7 Å². The highest BCUT2D eigenvalue weighted by Gasteiger charge is 2.25. The van der Waals surface area contributed by atoms with Gasteiger partial charge in [-0.1, -0.05) is 19.3 Å². The molecule has 0 bridgehead atoms. The van der Waals surface area contributed by atoms with Gasteiger partial charge in [0, 0.05) is 37.9 Å². The fourth-order valence-corrected chi connectivity index (χ4v) is 3.54. The van der Waals surface area contributed by atoms with Crippen LogP contribution in [0.25, 0.3) is 0 Å². The van der Waals surface area contributed by atoms with Crippen LogP contribution in [0, 0.1) is 0 Å². The lowest BCUT2D eigenvalue weighted by Gasteiger charge is -2.33. The van der Waals surface area contributed by atoms with Crippen molar-refractivity contribution in [1.29, 1.82) is 0 Å². The molecule has 3 rings (SSSR count). The summed E-state index contributed by atoms with van der Waals surface area (Å²) in [4.78, 5) is 26.6. The summed E-state index contributed by atoms with van der Waals surface area (Å²) in [6.07, 6.45) is 9.01. The van der Waals surface area contributed by atoms with Crippen LogP contribution in [0.1, 0.15) is 49.4 Å². The van der Waals surface area contributed by atoms with Gasteiger partial charge in [-0.25, -0.2) is 0 Å². The fraction of sp³-hybridized carbons (Fsp3) is 0.706. The van der Waals surface area contributed by atoms with Crippen molar-refractivity contribution in [3.05, 3.63) is 18.0 Å². The normalized spacial score (nSPS) is 21.5. The van der Waals surface area contributed by atoms with E-state index in [2.05, 4.69) is 15.7 Å². The standard InChI is InChI=1S/C17H27N5O2.ClH/c1-13-9-18-7-8-22(13)17(24)14-10-19-21(11-14)12-16(23)20-15-5-3-2-4-6-15;/h10-11,13,15,18H,2-9,12H2,1H3,(H,20,23);1H/t13-;/m1./s1. The molecule has 2 aliphatic rings. The third kappa shape index (κ3) is 5.19. The number of carbonyl (C=O) groups excluding carboxylic acids is 2. The van der Waals surface area contributed by atoms with Crippen molar-refractivity contribution in [2.75, 3.05) is 19.6 Å². The molecule has 0 unspecified atom stereocenters. The Balaban J connectivity index is 0.00000225. The Hall–Kier alpha value is -1.60. The molecule has 2 heterocycles. The second-order valence-corrected chi connectivity index (χ2v) is 6.88. The van der Waals surface area contributed by atoms with Crippen LogP contribution in [0.4, 0.5) is 0 Å². The predicted molar refractivity (Wildman–Crippen MR) is 97.9 cm³/mol. The molecule has 140 valence electrons. The summed E-state index contributed by atoms with van der Waals surface area (Å²) >= 11 is 0. The van der Waals surface area contributed by atoms with Crippen LogP contribution in [0.5, 0.6) is 0 Å². The largest absolute Gasteiger partial charge is 0.352 e. The second kappa shape index (κ2) is 9.20. The van der Waals surface area contributed by atoms with E-state index >= 15 is 0 Å². The van der Waals surface area contributed by atoms with Gasteiger partial charge >= 0.3 is 0 Å². The van der Waals surface area contributed by atoms with Crippen molar-refractivity contribution in [3.63, 3.8) is 0 Å². The second-order valence-electron chi connectivity index (χ2n) is 6.88. The van der Waals surface area contributed by atoms with Gasteiger partial charge in [-0.3, -0.25) is 14.3 Å². The van der Waals surface area contributed by atoms with Gasteiger partial charge < -0.3 is 15.5 Å². The molecule has 1 aliphatic heterocycles. The first-order valence-corrected chi connectivity index (χ1v) is 8.97. The Bertz CT molecular complexity index is 585. The quantitative estimate of drug-likeness (QED) is 0.835. The van der Waals surface area contributed by atoms with Gasteiger partial charge in [0.2, 0.25) is 5.91 Å². The highest BCUT2D eigenvalue weighted by atomic mass is 35.5. The van der Waals surface area contributed by atoms with Crippen molar-refractivity contribution in [1.82, 2.24) is 25.3 Å². The van der Waals surface area contributed by atoms with Crippen molar-refractivity contribution >= 4 is 24.2 Å². The van der Waals surface area contributed by atoms with Crippen LogP contribution in [-0.2, 0) is 11.3 Å². The molecule has 1 saturated carbocycles. The summed E-state index contributed by atoms with van der Waals surface area (Å²) in [5.41, 5.74) is 0.550. The van der Waals surface area contributed by atoms with E-state index in [4.69, 9.17) is 0 Å². The van der Waals surface area contributed by atoms with Gasteiger partial charge in [-0.15, -0.1) is 12.4 Å². The number of rotatable bonds is 4. The number of amides is 2. The van der Waals surface area contributed by atoms with Gasteiger partial charge in [-0.05, 0) is 19.8 Å². The molecular weight excluding hydrogens is 342 g/mol. The molecular formula is C17H28ClN5O2. The summed E-state index contributed by atoms with van der Waals surface area (Å²) in [5.74, 6) is -0.0394. The van der Waals surface area contributed by atoms with Gasteiger partial charge in [-0.2, -0.15) is 5.10 Å². The Morgan fingerprint density at radius 1 is 1.32 bits per heavy atom. The SMILES string of the molecule is C[C@@H]1CNCCN1C(=O)c1cnn(CC(=O)NC2CCCCC2)c1.Cl. The van der Waals surface area contributed by atoms with Gasteiger partial charge in [0.15, 0.2) is 0 Å². The molecule has 1 aliphatic carbocycles. The summed E-state index contributed by atoms with van der Waals surface area (Å²) < 4.78 is 1.55. The van der Waals surface area contributed by atoms with E-state index in [0.717, 1.165) is 25.9 Å². The van der Waals surface area contributed by atoms with Crippen LogP contribution in [-0.4, -0.2) is 58.2 Å². The number of aromatic nitrogens is 2. The number of nitrogens with zero attached hydrogens (tertiary/aromatic N) is 3. The van der Waals surface area contributed by atoms with Crippen LogP contribution in [0.3, 0.4) is 0 Å². The van der Waals surface area contributed by atoms with E-state index in [1.54, 1.807) is 17.1 Å². The number of piperazine rings is 1. The number of hydrogen-bond donors (Lipinski definition) is 2.